The van der Waals surface area contributed by atoms with E-state index in [1.807, 2.05) is 30.3 Å². The normalized spacial score (nSPS) is 10.7. The predicted molar refractivity (Wildman–Crippen MR) is 81.5 cm³/mol. The lowest BCUT2D eigenvalue weighted by molar-refractivity contribution is 1.14. The molecule has 2 aromatic carbocycles. The summed E-state index contributed by atoms with van der Waals surface area (Å²) in [6.07, 6.45) is 1.01. The molecule has 0 aliphatic carbocycles. The number of para-hydroxylation sites is 1. The lowest BCUT2D eigenvalue weighted by atomic mass is 10.1. The minimum atomic E-state index is -0.136. The number of anilines is 2. The molecule has 3 aromatic rings. The minimum absolute atomic E-state index is 0.136. The van der Waals surface area contributed by atoms with E-state index < -0.39 is 0 Å². The number of fused-ring (bicyclic) bond motifs is 1. The highest BCUT2D eigenvalue weighted by Gasteiger charge is 2.03. The van der Waals surface area contributed by atoms with E-state index >= 15 is 0 Å². The van der Waals surface area contributed by atoms with Gasteiger partial charge in [-0.05, 0) is 36.2 Å². The van der Waals surface area contributed by atoms with Crippen LogP contribution >= 0.6 is 0 Å². The molecule has 2 N–H and O–H groups in total. The van der Waals surface area contributed by atoms with Gasteiger partial charge in [-0.15, -0.1) is 0 Å². The Labute approximate surface area is 116 Å². The molecular weight excluding hydrogens is 250 g/mol. The zero-order valence-corrected chi connectivity index (χ0v) is 11.2. The van der Waals surface area contributed by atoms with Gasteiger partial charge in [0.1, 0.15) is 0 Å². The Hall–Kier alpha value is -2.62. The monoisotopic (exact) mass is 265 g/mol. The first kappa shape index (κ1) is 12.4. The second-order valence-corrected chi connectivity index (χ2v) is 4.61. The molecule has 0 saturated heterocycles. The van der Waals surface area contributed by atoms with Gasteiger partial charge in [-0.2, -0.15) is 0 Å². The van der Waals surface area contributed by atoms with Crippen molar-refractivity contribution in [2.24, 2.45) is 0 Å². The molecule has 0 spiro atoms. The van der Waals surface area contributed by atoms with Crippen LogP contribution in [0.5, 0.6) is 0 Å². The van der Waals surface area contributed by atoms with E-state index in [4.69, 9.17) is 0 Å². The van der Waals surface area contributed by atoms with Crippen LogP contribution in [0, 0.1) is 0 Å². The highest BCUT2D eigenvalue weighted by atomic mass is 16.1. The van der Waals surface area contributed by atoms with Crippen LogP contribution in [-0.2, 0) is 6.42 Å². The van der Waals surface area contributed by atoms with Gasteiger partial charge in [0.05, 0.1) is 10.9 Å². The van der Waals surface area contributed by atoms with Gasteiger partial charge in [-0.3, -0.25) is 9.78 Å². The van der Waals surface area contributed by atoms with Crippen LogP contribution in [0.3, 0.4) is 0 Å². The van der Waals surface area contributed by atoms with Crippen LogP contribution in [0.2, 0.25) is 0 Å². The van der Waals surface area contributed by atoms with Crippen molar-refractivity contribution in [3.8, 4) is 0 Å². The number of aromatic nitrogens is 2. The zero-order chi connectivity index (χ0) is 13.9. The summed E-state index contributed by atoms with van der Waals surface area (Å²) in [7, 11) is 0. The third-order valence-corrected chi connectivity index (χ3v) is 3.24. The van der Waals surface area contributed by atoms with Gasteiger partial charge in [0, 0.05) is 5.69 Å². The number of hydrogen-bond acceptors (Lipinski definition) is 3. The highest BCUT2D eigenvalue weighted by molar-refractivity contribution is 5.78. The van der Waals surface area contributed by atoms with Crippen molar-refractivity contribution in [1.29, 1.82) is 0 Å². The first-order chi connectivity index (χ1) is 9.76. The van der Waals surface area contributed by atoms with Gasteiger partial charge in [-0.25, -0.2) is 4.98 Å². The molecule has 0 bridgehead atoms. The Balaban J connectivity index is 1.96. The van der Waals surface area contributed by atoms with E-state index in [9.17, 15) is 4.79 Å². The lowest BCUT2D eigenvalue weighted by Crippen LogP contribution is -2.11. The molecule has 1 heterocycles. The number of aryl methyl sites for hydroxylation is 1. The summed E-state index contributed by atoms with van der Waals surface area (Å²) in [5.41, 5.74) is 2.73. The van der Waals surface area contributed by atoms with Crippen molar-refractivity contribution >= 4 is 22.5 Å². The van der Waals surface area contributed by atoms with Crippen LogP contribution in [0.4, 0.5) is 11.6 Å². The molecule has 100 valence electrons. The molecule has 3 rings (SSSR count). The van der Waals surface area contributed by atoms with Crippen molar-refractivity contribution < 1.29 is 0 Å². The van der Waals surface area contributed by atoms with Gasteiger partial charge in [0.2, 0.25) is 5.95 Å². The fraction of sp³-hybridized carbons (Fsp3) is 0.125. The summed E-state index contributed by atoms with van der Waals surface area (Å²) in [5.74, 6) is 0.456. The number of hydrogen-bond donors (Lipinski definition) is 2. The number of rotatable bonds is 3. The largest absolute Gasteiger partial charge is 0.326 e. The molecule has 4 nitrogen and oxygen atoms in total. The van der Waals surface area contributed by atoms with Crippen molar-refractivity contribution in [2.75, 3.05) is 5.32 Å². The van der Waals surface area contributed by atoms with Gasteiger partial charge in [0.25, 0.3) is 5.56 Å². The predicted octanol–water partition coefficient (Wildman–Crippen LogP) is 3.23. The Morgan fingerprint density at radius 2 is 1.85 bits per heavy atom. The fourth-order valence-electron chi connectivity index (χ4n) is 2.11. The summed E-state index contributed by atoms with van der Waals surface area (Å²) >= 11 is 0. The molecule has 0 amide bonds. The van der Waals surface area contributed by atoms with E-state index in [1.165, 1.54) is 5.56 Å². The van der Waals surface area contributed by atoms with Crippen LogP contribution in [0.15, 0.2) is 53.3 Å². The van der Waals surface area contributed by atoms with E-state index in [-0.39, 0.29) is 5.56 Å². The summed E-state index contributed by atoms with van der Waals surface area (Å²) in [6, 6.07) is 15.4. The first-order valence-corrected chi connectivity index (χ1v) is 6.61. The van der Waals surface area contributed by atoms with Crippen LogP contribution in [-0.4, -0.2) is 9.97 Å². The fourth-order valence-corrected chi connectivity index (χ4v) is 2.11. The minimum Gasteiger partial charge on any atom is -0.326 e. The molecule has 4 heteroatoms. The van der Waals surface area contributed by atoms with Gasteiger partial charge < -0.3 is 5.32 Å². The number of nitrogens with one attached hydrogen (secondary N) is 2. The molecule has 0 aliphatic rings. The van der Waals surface area contributed by atoms with Crippen molar-refractivity contribution in [1.82, 2.24) is 9.97 Å². The third-order valence-electron chi connectivity index (χ3n) is 3.24. The molecule has 0 fully saturated rings. The zero-order valence-electron chi connectivity index (χ0n) is 11.2. The quantitative estimate of drug-likeness (QED) is 0.764. The van der Waals surface area contributed by atoms with Crippen LogP contribution in [0.25, 0.3) is 10.9 Å². The second kappa shape index (κ2) is 5.17. The highest BCUT2D eigenvalue weighted by Crippen LogP contribution is 2.15. The molecular formula is C16H15N3O. The molecule has 0 unspecified atom stereocenters. The Kier molecular flexibility index (Phi) is 3.21. The Morgan fingerprint density at radius 3 is 2.60 bits per heavy atom. The van der Waals surface area contributed by atoms with Crippen LogP contribution in [0.1, 0.15) is 12.5 Å². The molecule has 0 saturated carbocycles. The number of H-pyrrole nitrogens is 1. The maximum atomic E-state index is 12.0. The van der Waals surface area contributed by atoms with Gasteiger partial charge >= 0.3 is 0 Å². The molecule has 0 radical (unpaired) electrons. The standard InChI is InChI=1S/C16H15N3O/c1-2-11-7-9-12(10-8-11)17-16-18-14-6-4-3-5-13(14)15(20)19-16/h3-10H,2H2,1H3,(H2,17,18,19,20). The van der Waals surface area contributed by atoms with Crippen molar-refractivity contribution in [3.63, 3.8) is 0 Å². The average Bonchev–Trinajstić information content (AvgIpc) is 2.48. The maximum absolute atomic E-state index is 12.0. The number of benzene rings is 2. The molecule has 0 atom stereocenters. The summed E-state index contributed by atoms with van der Waals surface area (Å²) in [4.78, 5) is 19.1. The van der Waals surface area contributed by atoms with Crippen molar-refractivity contribution in [2.45, 2.75) is 13.3 Å². The Morgan fingerprint density at radius 1 is 1.10 bits per heavy atom. The summed E-state index contributed by atoms with van der Waals surface area (Å²) in [5, 5.41) is 3.72. The van der Waals surface area contributed by atoms with Crippen LogP contribution < -0.4 is 10.9 Å². The maximum Gasteiger partial charge on any atom is 0.260 e. The van der Waals surface area contributed by atoms with E-state index in [2.05, 4.69) is 34.3 Å². The van der Waals surface area contributed by atoms with Gasteiger partial charge in [-0.1, -0.05) is 31.2 Å². The van der Waals surface area contributed by atoms with E-state index in [0.717, 1.165) is 12.1 Å². The number of nitrogens with zero attached hydrogens (tertiary/aromatic N) is 1. The molecule has 1 aromatic heterocycles. The van der Waals surface area contributed by atoms with E-state index in [1.54, 1.807) is 6.07 Å². The molecule has 20 heavy (non-hydrogen) atoms. The summed E-state index contributed by atoms with van der Waals surface area (Å²) < 4.78 is 0. The lowest BCUT2D eigenvalue weighted by Gasteiger charge is -2.07. The smallest absolute Gasteiger partial charge is 0.260 e. The Bertz CT molecular complexity index is 791. The summed E-state index contributed by atoms with van der Waals surface area (Å²) in [6.45, 7) is 2.12. The van der Waals surface area contributed by atoms with Gasteiger partial charge in [0.15, 0.2) is 0 Å². The second-order valence-electron chi connectivity index (χ2n) is 4.61. The SMILES string of the molecule is CCc1ccc(Nc2nc3ccccc3c(=O)[nH]2)cc1. The number of aromatic amines is 1. The topological polar surface area (TPSA) is 57.8 Å². The molecule has 0 aliphatic heterocycles. The first-order valence-electron chi connectivity index (χ1n) is 6.61. The van der Waals surface area contributed by atoms with E-state index in [0.29, 0.717) is 16.9 Å². The third kappa shape index (κ3) is 2.40. The van der Waals surface area contributed by atoms with Crippen molar-refractivity contribution in [3.05, 3.63) is 64.4 Å². The average molecular weight is 265 g/mol.